The second kappa shape index (κ2) is 9.63. The van der Waals surface area contributed by atoms with Crippen LogP contribution in [0.15, 0.2) is 18.3 Å². The van der Waals surface area contributed by atoms with Gasteiger partial charge >= 0.3 is 6.18 Å². The average Bonchev–Trinajstić information content (AvgIpc) is 3.41. The number of pyridine rings is 2. The Morgan fingerprint density at radius 1 is 1.05 bits per heavy atom. The van der Waals surface area contributed by atoms with E-state index in [-0.39, 0.29) is 22.5 Å². The summed E-state index contributed by atoms with van der Waals surface area (Å²) in [4.78, 5) is 9.69. The van der Waals surface area contributed by atoms with Crippen molar-refractivity contribution in [1.29, 1.82) is 0 Å². The minimum Gasteiger partial charge on any atom is -0.410 e. The maximum absolute atomic E-state index is 13.4. The number of halogens is 3. The van der Waals surface area contributed by atoms with E-state index in [1.165, 1.54) is 17.2 Å². The highest BCUT2D eigenvalue weighted by atomic mass is 28.4. The molecule has 2 aliphatic carbocycles. The van der Waals surface area contributed by atoms with Crippen LogP contribution in [0.3, 0.4) is 0 Å². The molecular weight excluding hydrogens is 529 g/mol. The van der Waals surface area contributed by atoms with Crippen molar-refractivity contribution < 1.29 is 22.3 Å². The molecule has 1 fully saturated rings. The first kappa shape index (κ1) is 29.7. The number of alkyl halides is 3. The van der Waals surface area contributed by atoms with Crippen LogP contribution in [0.4, 0.5) is 13.2 Å². The van der Waals surface area contributed by atoms with Crippen LogP contribution in [-0.2, 0) is 27.4 Å². The Labute approximate surface area is 238 Å². The minimum absolute atomic E-state index is 0.0339. The van der Waals surface area contributed by atoms with Crippen LogP contribution >= 0.6 is 0 Å². The summed E-state index contributed by atoms with van der Waals surface area (Å²) < 4.78 is 54.4. The van der Waals surface area contributed by atoms with Crippen LogP contribution < -0.4 is 0 Å². The lowest BCUT2D eigenvalue weighted by Crippen LogP contribution is -2.44. The number of fused-ring (bicyclic) bond motifs is 4. The lowest BCUT2D eigenvalue weighted by atomic mass is 9.70. The van der Waals surface area contributed by atoms with Gasteiger partial charge in [-0.15, -0.1) is 0 Å². The Hall–Kier alpha value is -1.77. The van der Waals surface area contributed by atoms with Gasteiger partial charge in [0.15, 0.2) is 8.32 Å². The van der Waals surface area contributed by atoms with Gasteiger partial charge in [-0.2, -0.15) is 13.2 Å². The molecule has 3 aliphatic rings. The van der Waals surface area contributed by atoms with Crippen molar-refractivity contribution >= 4 is 8.32 Å². The molecule has 5 rings (SSSR count). The summed E-state index contributed by atoms with van der Waals surface area (Å²) in [5.41, 5.74) is 4.83. The molecule has 0 amide bonds. The van der Waals surface area contributed by atoms with E-state index >= 15 is 0 Å². The summed E-state index contributed by atoms with van der Waals surface area (Å²) >= 11 is 0. The number of hydrogen-bond acceptors (Lipinski definition) is 4. The molecule has 0 saturated heterocycles. The predicted molar refractivity (Wildman–Crippen MR) is 154 cm³/mol. The van der Waals surface area contributed by atoms with Crippen LogP contribution in [0, 0.1) is 5.41 Å². The SMILES string of the molecule is CC(C)c1nc2c(c3c1[C@@H](c1ccc(C(F)(F)F)cn1)OC31CCCC1)C(O[Si](C)(C)C(C)(C)C)CC(C)(C)C2. The molecule has 0 aromatic carbocycles. The van der Waals surface area contributed by atoms with Crippen molar-refractivity contribution in [2.45, 2.75) is 135 Å². The number of rotatable bonds is 4. The van der Waals surface area contributed by atoms with E-state index in [2.05, 4.69) is 66.5 Å². The predicted octanol–water partition coefficient (Wildman–Crippen LogP) is 9.54. The van der Waals surface area contributed by atoms with Crippen molar-refractivity contribution in [2.24, 2.45) is 5.41 Å². The minimum atomic E-state index is -4.43. The van der Waals surface area contributed by atoms with Gasteiger partial charge in [0.2, 0.25) is 0 Å². The van der Waals surface area contributed by atoms with Crippen molar-refractivity contribution in [1.82, 2.24) is 9.97 Å². The van der Waals surface area contributed by atoms with Gasteiger partial charge in [0, 0.05) is 28.7 Å². The van der Waals surface area contributed by atoms with Gasteiger partial charge < -0.3 is 9.16 Å². The third kappa shape index (κ3) is 5.06. The molecule has 1 unspecified atom stereocenters. The molecule has 1 saturated carbocycles. The summed E-state index contributed by atoms with van der Waals surface area (Å²) in [7, 11) is -2.14. The lowest BCUT2D eigenvalue weighted by molar-refractivity contribution is -0.137. The Morgan fingerprint density at radius 2 is 1.70 bits per heavy atom. The molecule has 0 radical (unpaired) electrons. The molecule has 3 heterocycles. The van der Waals surface area contributed by atoms with Gasteiger partial charge in [-0.25, -0.2) is 0 Å². The molecule has 2 atom stereocenters. The zero-order valence-corrected chi connectivity index (χ0v) is 26.6. The van der Waals surface area contributed by atoms with Gasteiger partial charge in [-0.3, -0.25) is 9.97 Å². The molecule has 2 aromatic heterocycles. The van der Waals surface area contributed by atoms with Gasteiger partial charge in [0.05, 0.1) is 23.0 Å². The van der Waals surface area contributed by atoms with E-state index in [0.29, 0.717) is 5.69 Å². The molecule has 4 nitrogen and oxygen atoms in total. The van der Waals surface area contributed by atoms with Gasteiger partial charge in [-0.1, -0.05) is 61.3 Å². The normalized spacial score (nSPS) is 24.0. The van der Waals surface area contributed by atoms with Crippen LogP contribution in [0.1, 0.15) is 138 Å². The maximum Gasteiger partial charge on any atom is 0.417 e. The summed E-state index contributed by atoms with van der Waals surface area (Å²) in [5, 5.41) is 0.0530. The highest BCUT2D eigenvalue weighted by Crippen LogP contribution is 2.60. The van der Waals surface area contributed by atoms with Crippen LogP contribution in [-0.4, -0.2) is 18.3 Å². The van der Waals surface area contributed by atoms with Crippen molar-refractivity contribution in [3.05, 3.63) is 57.7 Å². The molecule has 0 bridgehead atoms. The summed E-state index contributed by atoms with van der Waals surface area (Å²) in [6.07, 6.45) is 1.52. The first-order valence-corrected chi connectivity index (χ1v) is 17.7. The smallest absolute Gasteiger partial charge is 0.410 e. The number of ether oxygens (including phenoxy) is 1. The molecule has 220 valence electrons. The van der Waals surface area contributed by atoms with Gasteiger partial charge in [0.25, 0.3) is 0 Å². The Balaban J connectivity index is 1.75. The average molecular weight is 575 g/mol. The van der Waals surface area contributed by atoms with Crippen molar-refractivity contribution in [2.75, 3.05) is 0 Å². The second-order valence-corrected chi connectivity index (χ2v) is 19.6. The fourth-order valence-electron chi connectivity index (χ4n) is 6.72. The highest BCUT2D eigenvalue weighted by molar-refractivity contribution is 6.74. The Bertz CT molecular complexity index is 1270. The fraction of sp³-hybridized carbons (Fsp3) is 0.688. The van der Waals surface area contributed by atoms with Crippen LogP contribution in [0.2, 0.25) is 18.1 Å². The van der Waals surface area contributed by atoms with Gasteiger partial charge in [-0.05, 0) is 72.8 Å². The van der Waals surface area contributed by atoms with E-state index in [4.69, 9.17) is 14.1 Å². The van der Waals surface area contributed by atoms with Crippen molar-refractivity contribution in [3.63, 3.8) is 0 Å². The van der Waals surface area contributed by atoms with Crippen LogP contribution in [0.5, 0.6) is 0 Å². The summed E-state index contributed by atoms with van der Waals surface area (Å²) in [6, 6.07) is 2.61. The Kier molecular flexibility index (Phi) is 7.15. The molecule has 40 heavy (non-hydrogen) atoms. The van der Waals surface area contributed by atoms with E-state index in [1.807, 2.05) is 0 Å². The summed E-state index contributed by atoms with van der Waals surface area (Å²) in [5.74, 6) is 0.126. The van der Waals surface area contributed by atoms with Crippen molar-refractivity contribution in [3.8, 4) is 0 Å². The number of aromatic nitrogens is 2. The molecule has 0 N–H and O–H groups in total. The van der Waals surface area contributed by atoms with E-state index < -0.39 is 31.8 Å². The maximum atomic E-state index is 13.4. The number of hydrogen-bond donors (Lipinski definition) is 0. The van der Waals surface area contributed by atoms with E-state index in [9.17, 15) is 13.2 Å². The molecule has 8 heteroatoms. The topological polar surface area (TPSA) is 44.2 Å². The quantitative estimate of drug-likeness (QED) is 0.341. The highest BCUT2D eigenvalue weighted by Gasteiger charge is 2.54. The Morgan fingerprint density at radius 3 is 2.23 bits per heavy atom. The largest absolute Gasteiger partial charge is 0.417 e. The zero-order chi connectivity index (χ0) is 29.5. The third-order valence-corrected chi connectivity index (χ3v) is 14.2. The van der Waals surface area contributed by atoms with Gasteiger partial charge in [0.1, 0.15) is 6.10 Å². The molecule has 1 spiro atoms. The standard InChI is InChI=1S/C32H45F3N2O2Si/c1-19(2)27-25-26(24-22(37-27)16-30(6,7)17-23(24)39-40(8,9)29(3,4)5)31(14-10-11-15-31)38-28(25)21-13-12-20(18-36-21)32(33,34)35/h12-13,18-19,23,28H,10-11,14-17H2,1-9H3/t23?,28-/m1/s1. The fourth-order valence-corrected chi connectivity index (χ4v) is 7.98. The zero-order valence-electron chi connectivity index (χ0n) is 25.6. The monoisotopic (exact) mass is 574 g/mol. The summed E-state index contributed by atoms with van der Waals surface area (Å²) in [6.45, 7) is 20.3. The second-order valence-electron chi connectivity index (χ2n) is 14.9. The van der Waals surface area contributed by atoms with Crippen LogP contribution in [0.25, 0.3) is 0 Å². The first-order chi connectivity index (χ1) is 18.4. The molecular formula is C32H45F3N2O2Si. The lowest BCUT2D eigenvalue weighted by Gasteiger charge is -2.45. The molecule has 1 aliphatic heterocycles. The first-order valence-electron chi connectivity index (χ1n) is 14.8. The number of nitrogens with zero attached hydrogens (tertiary/aromatic N) is 2. The third-order valence-electron chi connectivity index (χ3n) is 9.73. The molecule has 2 aromatic rings. The van der Waals surface area contributed by atoms with E-state index in [1.54, 1.807) is 0 Å². The van der Waals surface area contributed by atoms with E-state index in [0.717, 1.165) is 67.7 Å².